The summed E-state index contributed by atoms with van der Waals surface area (Å²) in [7, 11) is -3.82. The largest absolute Gasteiger partial charge is 0.359 e. The number of hydrogen-bond donors (Lipinski definition) is 2. The molecular weight excluding hydrogens is 342 g/mol. The van der Waals surface area contributed by atoms with Crippen molar-refractivity contribution in [2.24, 2.45) is 5.14 Å². The van der Waals surface area contributed by atoms with E-state index in [-0.39, 0.29) is 32.2 Å². The summed E-state index contributed by atoms with van der Waals surface area (Å²) in [6.45, 7) is 0. The number of nitrogens with zero attached hydrogens (tertiary/aromatic N) is 3. The molecule has 0 radical (unpaired) electrons. The number of aromatic nitrogens is 2. The van der Waals surface area contributed by atoms with E-state index in [1.54, 1.807) is 0 Å². The van der Waals surface area contributed by atoms with Gasteiger partial charge in [0.1, 0.15) is 0 Å². The molecule has 0 spiro atoms. The van der Waals surface area contributed by atoms with Gasteiger partial charge in [0, 0.05) is 11.8 Å². The first-order valence-electron chi connectivity index (χ1n) is 6.34. The van der Waals surface area contributed by atoms with Crippen molar-refractivity contribution >= 4 is 38.1 Å². The number of nitrogens with one attached hydrogen (secondary N) is 1. The van der Waals surface area contributed by atoms with Gasteiger partial charge in [-0.15, -0.1) is 0 Å². The Morgan fingerprint density at radius 2 is 1.88 bits per heavy atom. The minimum Gasteiger partial charge on any atom is -0.359 e. The van der Waals surface area contributed by atoms with Gasteiger partial charge in [-0.2, -0.15) is 0 Å². The summed E-state index contributed by atoms with van der Waals surface area (Å²) in [5.41, 5.74) is -0.103. The van der Waals surface area contributed by atoms with E-state index in [1.165, 1.54) is 36.4 Å². The van der Waals surface area contributed by atoms with Crippen LogP contribution in [-0.4, -0.2) is 18.5 Å². The molecule has 0 amide bonds. The van der Waals surface area contributed by atoms with Crippen molar-refractivity contribution in [3.8, 4) is 0 Å². The molecule has 12 heteroatoms. The zero-order chi connectivity index (χ0) is 17.5. The smallest absolute Gasteiger partial charge is 0.327 e. The van der Waals surface area contributed by atoms with Gasteiger partial charge in [-0.25, -0.2) is 13.6 Å². The maximum atomic E-state index is 11.7. The summed E-state index contributed by atoms with van der Waals surface area (Å²) in [5, 5.41) is 33.9. The molecule has 0 saturated carbocycles. The van der Waals surface area contributed by atoms with E-state index in [0.29, 0.717) is 5.69 Å². The number of nitro benzene ring substituents is 1. The van der Waals surface area contributed by atoms with Crippen LogP contribution in [0.1, 0.15) is 0 Å². The Bertz CT molecular complexity index is 1040. The Balaban J connectivity index is 2.03. The highest BCUT2D eigenvalue weighted by Gasteiger charge is 2.26. The number of non-ortho nitro benzene ring substituents is 1. The lowest BCUT2D eigenvalue weighted by Gasteiger charge is -2.07. The molecule has 24 heavy (non-hydrogen) atoms. The average Bonchev–Trinajstić information content (AvgIpc) is 2.89. The fraction of sp³-hybridized carbons (Fsp3) is 0. The van der Waals surface area contributed by atoms with Crippen LogP contribution < -0.4 is 15.4 Å². The first-order valence-corrected chi connectivity index (χ1v) is 7.89. The van der Waals surface area contributed by atoms with Crippen molar-refractivity contribution in [2.75, 3.05) is 5.32 Å². The van der Waals surface area contributed by atoms with Crippen molar-refractivity contribution in [2.45, 2.75) is 4.90 Å². The Hall–Kier alpha value is -3.25. The fourth-order valence-corrected chi connectivity index (χ4v) is 2.61. The first-order chi connectivity index (χ1) is 11.3. The van der Waals surface area contributed by atoms with E-state index >= 15 is 0 Å². The van der Waals surface area contributed by atoms with Gasteiger partial charge in [0.2, 0.25) is 10.0 Å². The number of hydrogen-bond acceptors (Lipinski definition) is 8. The van der Waals surface area contributed by atoms with Gasteiger partial charge in [0.05, 0.1) is 20.7 Å². The van der Waals surface area contributed by atoms with Crippen molar-refractivity contribution in [3.05, 3.63) is 51.7 Å². The van der Waals surface area contributed by atoms with Crippen LogP contribution in [0.15, 0.2) is 45.9 Å². The maximum Gasteiger partial charge on any atom is 0.327 e. The number of anilines is 2. The molecule has 124 valence electrons. The SMILES string of the molecule is NS(=O)(=O)c1ccc(Nc2ccc([N+](=O)[O-])c3no[n+]([O-])c23)cc1. The highest BCUT2D eigenvalue weighted by Crippen LogP contribution is 2.30. The summed E-state index contributed by atoms with van der Waals surface area (Å²) < 4.78 is 26.9. The molecule has 0 aliphatic carbocycles. The molecule has 1 aromatic heterocycles. The topological polar surface area (TPSA) is 168 Å². The molecule has 0 saturated heterocycles. The third kappa shape index (κ3) is 2.70. The summed E-state index contributed by atoms with van der Waals surface area (Å²) in [5.74, 6) is 0. The zero-order valence-electron chi connectivity index (χ0n) is 11.7. The molecule has 0 atom stereocenters. The van der Waals surface area contributed by atoms with Crippen molar-refractivity contribution in [3.63, 3.8) is 0 Å². The Morgan fingerprint density at radius 1 is 1.21 bits per heavy atom. The molecule has 3 rings (SSSR count). The second-order valence-corrected chi connectivity index (χ2v) is 6.27. The normalized spacial score (nSPS) is 11.5. The van der Waals surface area contributed by atoms with Crippen LogP contribution in [0.4, 0.5) is 17.1 Å². The first kappa shape index (κ1) is 15.6. The van der Waals surface area contributed by atoms with Crippen LogP contribution >= 0.6 is 0 Å². The lowest BCUT2D eigenvalue weighted by atomic mass is 10.2. The van der Waals surface area contributed by atoms with Crippen molar-refractivity contribution < 1.29 is 22.9 Å². The number of sulfonamides is 1. The Kier molecular flexibility index (Phi) is 3.54. The third-order valence-corrected chi connectivity index (χ3v) is 4.11. The van der Waals surface area contributed by atoms with Gasteiger partial charge in [-0.05, 0) is 35.2 Å². The van der Waals surface area contributed by atoms with Gasteiger partial charge >= 0.3 is 11.2 Å². The molecule has 11 nitrogen and oxygen atoms in total. The number of fused-ring (bicyclic) bond motifs is 1. The predicted octanol–water partition coefficient (Wildman–Crippen LogP) is 0.760. The molecule has 0 aliphatic heterocycles. The number of nitro groups is 1. The minimum absolute atomic E-state index is 0.0450. The van der Waals surface area contributed by atoms with Gasteiger partial charge in [0.25, 0.3) is 5.52 Å². The zero-order valence-corrected chi connectivity index (χ0v) is 12.6. The number of benzene rings is 2. The van der Waals surface area contributed by atoms with Crippen molar-refractivity contribution in [1.29, 1.82) is 0 Å². The monoisotopic (exact) mass is 351 g/mol. The van der Waals surface area contributed by atoms with Gasteiger partial charge in [-0.1, -0.05) is 0 Å². The highest BCUT2D eigenvalue weighted by molar-refractivity contribution is 7.89. The maximum absolute atomic E-state index is 11.7. The van der Waals surface area contributed by atoms with Gasteiger partial charge < -0.3 is 10.5 Å². The third-order valence-electron chi connectivity index (χ3n) is 3.18. The minimum atomic E-state index is -3.82. The molecule has 0 aliphatic rings. The Labute approximate surface area is 134 Å². The van der Waals surface area contributed by atoms with Gasteiger partial charge in [-0.3, -0.25) is 14.7 Å². The molecule has 2 aromatic carbocycles. The molecule has 0 unspecified atom stereocenters. The lowest BCUT2D eigenvalue weighted by molar-refractivity contribution is -0.781. The molecule has 0 bridgehead atoms. The van der Waals surface area contributed by atoms with Crippen LogP contribution in [0.25, 0.3) is 11.0 Å². The molecule has 1 heterocycles. The number of primary sulfonamides is 1. The van der Waals surface area contributed by atoms with Crippen LogP contribution in [0.3, 0.4) is 0 Å². The Morgan fingerprint density at radius 3 is 2.46 bits per heavy atom. The van der Waals surface area contributed by atoms with E-state index in [0.717, 1.165) is 0 Å². The van der Waals surface area contributed by atoms with Crippen LogP contribution in [0.5, 0.6) is 0 Å². The summed E-state index contributed by atoms with van der Waals surface area (Å²) in [6, 6.07) is 7.90. The molecular formula is C12H9N5O6S. The average molecular weight is 351 g/mol. The molecule has 0 fully saturated rings. The summed E-state index contributed by atoms with van der Waals surface area (Å²) in [4.78, 5) is 10.2. The quantitative estimate of drug-likeness (QED) is 0.394. The predicted molar refractivity (Wildman–Crippen MR) is 80.7 cm³/mol. The van der Waals surface area contributed by atoms with Crippen LogP contribution in [-0.2, 0) is 10.0 Å². The summed E-state index contributed by atoms with van der Waals surface area (Å²) in [6.07, 6.45) is 0. The highest BCUT2D eigenvalue weighted by atomic mass is 32.2. The van der Waals surface area contributed by atoms with E-state index in [1.807, 2.05) is 0 Å². The van der Waals surface area contributed by atoms with Crippen molar-refractivity contribution in [1.82, 2.24) is 5.16 Å². The lowest BCUT2D eigenvalue weighted by Crippen LogP contribution is -2.23. The summed E-state index contributed by atoms with van der Waals surface area (Å²) >= 11 is 0. The standard InChI is InChI=1S/C12H9N5O6S/c13-24(21,22)8-3-1-7(2-4-8)14-9-5-6-10(16(18)19)11-12(9)17(20)23-15-11/h1-6,14H,(H2,13,21,22). The van der Waals surface area contributed by atoms with Crippen LogP contribution in [0, 0.1) is 15.3 Å². The van der Waals surface area contributed by atoms with E-state index in [9.17, 15) is 23.7 Å². The fourth-order valence-electron chi connectivity index (χ4n) is 2.09. The van der Waals surface area contributed by atoms with Gasteiger partial charge in [0.15, 0.2) is 0 Å². The van der Waals surface area contributed by atoms with E-state index < -0.39 is 14.9 Å². The number of rotatable bonds is 4. The second-order valence-electron chi connectivity index (χ2n) is 4.71. The van der Waals surface area contributed by atoms with E-state index in [4.69, 9.17) is 5.14 Å². The van der Waals surface area contributed by atoms with Crippen LogP contribution in [0.2, 0.25) is 0 Å². The molecule has 3 N–H and O–H groups in total. The second kappa shape index (κ2) is 5.43. The molecule has 3 aromatic rings. The van der Waals surface area contributed by atoms with E-state index in [2.05, 4.69) is 15.1 Å². The number of nitrogens with two attached hydrogens (primary N) is 1.